The van der Waals surface area contributed by atoms with Crippen molar-refractivity contribution in [2.24, 2.45) is 5.11 Å². The lowest BCUT2D eigenvalue weighted by Gasteiger charge is -1.96. The first-order valence-electron chi connectivity index (χ1n) is 4.39. The summed E-state index contributed by atoms with van der Waals surface area (Å²) in [4.78, 5) is 2.62. The number of benzene rings is 1. The summed E-state index contributed by atoms with van der Waals surface area (Å²) in [5.41, 5.74) is 8.96. The van der Waals surface area contributed by atoms with Crippen molar-refractivity contribution in [2.75, 3.05) is 0 Å². The number of nitrogens with zero attached hydrogens (tertiary/aromatic N) is 5. The molecule has 1 aromatic carbocycles. The highest BCUT2D eigenvalue weighted by molar-refractivity contribution is 9.10. The molecule has 0 saturated heterocycles. The minimum atomic E-state index is 0.0634. The summed E-state index contributed by atoms with van der Waals surface area (Å²) in [5.74, 6) is 0.694. The van der Waals surface area contributed by atoms with Gasteiger partial charge in [0.2, 0.25) is 11.8 Å². The van der Waals surface area contributed by atoms with E-state index in [1.165, 1.54) is 0 Å². The van der Waals surface area contributed by atoms with E-state index in [1.807, 2.05) is 24.3 Å². The van der Waals surface area contributed by atoms with Crippen LogP contribution in [-0.4, -0.2) is 10.2 Å². The van der Waals surface area contributed by atoms with Crippen LogP contribution in [0.5, 0.6) is 0 Å². The van der Waals surface area contributed by atoms with Crippen LogP contribution in [-0.2, 0) is 6.54 Å². The normalized spacial score (nSPS) is 9.81. The molecule has 0 saturated carbocycles. The summed E-state index contributed by atoms with van der Waals surface area (Å²) in [6, 6.07) is 7.50. The Kier molecular flexibility index (Phi) is 3.19. The molecular weight excluding hydrogens is 274 g/mol. The monoisotopic (exact) mass is 279 g/mol. The van der Waals surface area contributed by atoms with E-state index in [4.69, 9.17) is 9.95 Å². The van der Waals surface area contributed by atoms with Gasteiger partial charge in [-0.25, -0.2) is 0 Å². The van der Waals surface area contributed by atoms with Crippen LogP contribution in [0.3, 0.4) is 0 Å². The zero-order chi connectivity index (χ0) is 11.4. The van der Waals surface area contributed by atoms with Gasteiger partial charge in [0.15, 0.2) is 0 Å². The molecule has 1 heterocycles. The molecule has 0 aliphatic rings. The molecule has 0 bridgehead atoms. The second-order valence-corrected chi connectivity index (χ2v) is 3.72. The fourth-order valence-corrected chi connectivity index (χ4v) is 1.61. The Hall–Kier alpha value is -1.85. The molecule has 0 fully saturated rings. The maximum absolute atomic E-state index is 8.16. The minimum absolute atomic E-state index is 0.0634. The van der Waals surface area contributed by atoms with Gasteiger partial charge in [-0.1, -0.05) is 17.2 Å². The molecule has 0 amide bonds. The van der Waals surface area contributed by atoms with Crippen molar-refractivity contribution >= 4 is 15.9 Å². The number of hydrogen-bond donors (Lipinski definition) is 0. The second kappa shape index (κ2) is 4.78. The van der Waals surface area contributed by atoms with Gasteiger partial charge >= 0.3 is 0 Å². The van der Waals surface area contributed by atoms with Crippen molar-refractivity contribution in [1.82, 2.24) is 10.2 Å². The topological polar surface area (TPSA) is 87.7 Å². The predicted octanol–water partition coefficient (Wildman–Crippen LogP) is 3.31. The van der Waals surface area contributed by atoms with E-state index in [0.29, 0.717) is 11.8 Å². The quantitative estimate of drug-likeness (QED) is 0.490. The van der Waals surface area contributed by atoms with E-state index in [0.717, 1.165) is 10.0 Å². The lowest BCUT2D eigenvalue weighted by Crippen LogP contribution is -1.78. The molecular formula is C9H6BrN5O. The Bertz CT molecular complexity index is 546. The first kappa shape index (κ1) is 10.7. The Morgan fingerprint density at radius 2 is 2.19 bits per heavy atom. The molecule has 0 aliphatic heterocycles. The van der Waals surface area contributed by atoms with Crippen molar-refractivity contribution in [1.29, 1.82) is 0 Å². The molecule has 1 aromatic heterocycles. The molecule has 16 heavy (non-hydrogen) atoms. The molecule has 0 atom stereocenters. The van der Waals surface area contributed by atoms with Crippen molar-refractivity contribution < 1.29 is 4.42 Å². The van der Waals surface area contributed by atoms with E-state index >= 15 is 0 Å². The molecule has 0 spiro atoms. The van der Waals surface area contributed by atoms with Crippen LogP contribution in [0.25, 0.3) is 21.9 Å². The largest absolute Gasteiger partial charge is 0.421 e. The maximum atomic E-state index is 8.16. The van der Waals surface area contributed by atoms with E-state index in [-0.39, 0.29) is 6.54 Å². The number of halogens is 1. The van der Waals surface area contributed by atoms with Gasteiger partial charge in [-0.15, -0.1) is 10.2 Å². The van der Waals surface area contributed by atoms with Crippen LogP contribution in [0.15, 0.2) is 38.3 Å². The van der Waals surface area contributed by atoms with Crippen molar-refractivity contribution in [3.05, 3.63) is 45.1 Å². The van der Waals surface area contributed by atoms with E-state index < -0.39 is 0 Å². The summed E-state index contributed by atoms with van der Waals surface area (Å²) in [6.45, 7) is 0.0634. The lowest BCUT2D eigenvalue weighted by atomic mass is 10.2. The average Bonchev–Trinajstić information content (AvgIpc) is 2.75. The molecule has 7 heteroatoms. The summed E-state index contributed by atoms with van der Waals surface area (Å²) in [7, 11) is 0. The molecule has 0 unspecified atom stereocenters. The van der Waals surface area contributed by atoms with Crippen molar-refractivity contribution in [3.63, 3.8) is 0 Å². The van der Waals surface area contributed by atoms with E-state index in [9.17, 15) is 0 Å². The fourth-order valence-electron chi connectivity index (χ4n) is 1.15. The van der Waals surface area contributed by atoms with Gasteiger partial charge < -0.3 is 4.42 Å². The van der Waals surface area contributed by atoms with Crippen LogP contribution in [0.1, 0.15) is 5.89 Å². The third kappa shape index (κ3) is 2.21. The van der Waals surface area contributed by atoms with Crippen LogP contribution < -0.4 is 0 Å². The van der Waals surface area contributed by atoms with Crippen molar-refractivity contribution in [2.45, 2.75) is 6.54 Å². The van der Waals surface area contributed by atoms with Crippen LogP contribution in [0.2, 0.25) is 0 Å². The molecule has 80 valence electrons. The maximum Gasteiger partial charge on any atom is 0.248 e. The van der Waals surface area contributed by atoms with Gasteiger partial charge in [-0.2, -0.15) is 0 Å². The zero-order valence-corrected chi connectivity index (χ0v) is 9.62. The number of azide groups is 1. The molecule has 6 nitrogen and oxygen atoms in total. The number of aromatic nitrogens is 2. The van der Waals surface area contributed by atoms with Gasteiger partial charge in [0, 0.05) is 9.38 Å². The van der Waals surface area contributed by atoms with Crippen LogP contribution in [0.4, 0.5) is 0 Å². The zero-order valence-electron chi connectivity index (χ0n) is 8.04. The first-order chi connectivity index (χ1) is 7.81. The Labute approximate surface area is 99.1 Å². The highest BCUT2D eigenvalue weighted by atomic mass is 79.9. The number of hydrogen-bond acceptors (Lipinski definition) is 4. The van der Waals surface area contributed by atoms with E-state index in [2.05, 4.69) is 36.2 Å². The predicted molar refractivity (Wildman–Crippen MR) is 60.3 cm³/mol. The van der Waals surface area contributed by atoms with E-state index in [1.54, 1.807) is 0 Å². The third-order valence-electron chi connectivity index (χ3n) is 1.84. The summed E-state index contributed by atoms with van der Waals surface area (Å²) < 4.78 is 6.20. The van der Waals surface area contributed by atoms with Gasteiger partial charge in [0.25, 0.3) is 0 Å². The summed E-state index contributed by atoms with van der Waals surface area (Å²) in [6.07, 6.45) is 0. The average molecular weight is 280 g/mol. The molecule has 0 N–H and O–H groups in total. The third-order valence-corrected chi connectivity index (χ3v) is 2.53. The lowest BCUT2D eigenvalue weighted by molar-refractivity contribution is 0.508. The smallest absolute Gasteiger partial charge is 0.248 e. The highest BCUT2D eigenvalue weighted by Gasteiger charge is 2.10. The minimum Gasteiger partial charge on any atom is -0.421 e. The van der Waals surface area contributed by atoms with Crippen molar-refractivity contribution in [3.8, 4) is 11.5 Å². The van der Waals surface area contributed by atoms with Gasteiger partial charge in [0.1, 0.15) is 6.54 Å². The van der Waals surface area contributed by atoms with Gasteiger partial charge in [-0.3, -0.25) is 0 Å². The number of rotatable bonds is 3. The molecule has 2 aromatic rings. The Balaban J connectivity index is 2.31. The molecule has 2 rings (SSSR count). The molecule has 0 aliphatic carbocycles. The summed E-state index contributed by atoms with van der Waals surface area (Å²) >= 11 is 3.39. The highest BCUT2D eigenvalue weighted by Crippen LogP contribution is 2.26. The standard InChI is InChI=1S/C9H6BrN5O/c10-7-4-2-1-3-6(7)9-14-13-8(16-9)5-12-15-11/h1-4H,5H2. The second-order valence-electron chi connectivity index (χ2n) is 2.87. The molecule has 0 radical (unpaired) electrons. The van der Waals surface area contributed by atoms with Gasteiger partial charge in [-0.05, 0) is 33.6 Å². The Morgan fingerprint density at radius 3 is 2.94 bits per heavy atom. The summed E-state index contributed by atoms with van der Waals surface area (Å²) in [5, 5.41) is 11.0. The first-order valence-corrected chi connectivity index (χ1v) is 5.18. The van der Waals surface area contributed by atoms with Crippen LogP contribution >= 0.6 is 15.9 Å². The van der Waals surface area contributed by atoms with Gasteiger partial charge in [0.05, 0.1) is 5.56 Å². The fraction of sp³-hybridized carbons (Fsp3) is 0.111. The van der Waals surface area contributed by atoms with Crippen LogP contribution in [0, 0.1) is 0 Å². The Morgan fingerprint density at radius 1 is 1.38 bits per heavy atom. The SMILES string of the molecule is [N-]=[N+]=NCc1nnc(-c2ccccc2Br)o1.